The van der Waals surface area contributed by atoms with E-state index in [0.29, 0.717) is 17.7 Å². The van der Waals surface area contributed by atoms with E-state index in [-0.39, 0.29) is 0 Å². The zero-order valence-corrected chi connectivity index (χ0v) is 11.5. The Labute approximate surface area is 124 Å². The van der Waals surface area contributed by atoms with E-state index in [1.807, 2.05) is 16.7 Å². The van der Waals surface area contributed by atoms with Gasteiger partial charge in [-0.3, -0.25) is 4.79 Å². The van der Waals surface area contributed by atoms with Gasteiger partial charge in [-0.2, -0.15) is 13.2 Å². The van der Waals surface area contributed by atoms with Crippen LogP contribution in [-0.4, -0.2) is 10.9 Å². The number of aldehydes is 1. The number of carbonyl (C=O) groups is 1. The Morgan fingerprint density at radius 2 is 1.86 bits per heavy atom. The maximum atomic E-state index is 12.8. The smallest absolute Gasteiger partial charge is 0.343 e. The van der Waals surface area contributed by atoms with Crippen LogP contribution >= 0.6 is 0 Å². The summed E-state index contributed by atoms with van der Waals surface area (Å²) in [5.41, 5.74) is 1.26. The van der Waals surface area contributed by atoms with Gasteiger partial charge in [-0.1, -0.05) is 24.3 Å². The summed E-state index contributed by atoms with van der Waals surface area (Å²) < 4.78 is 40.1. The van der Waals surface area contributed by atoms with Crippen LogP contribution in [0.25, 0.3) is 10.9 Å². The number of carbonyl (C=O) groups excluding carboxylic acids is 1. The second-order valence-electron chi connectivity index (χ2n) is 5.08. The van der Waals surface area contributed by atoms with Gasteiger partial charge in [-0.15, -0.1) is 0 Å². The van der Waals surface area contributed by atoms with Gasteiger partial charge in [0.15, 0.2) is 0 Å². The largest absolute Gasteiger partial charge is 0.416 e. The second kappa shape index (κ2) is 5.33. The van der Waals surface area contributed by atoms with Crippen molar-refractivity contribution in [1.29, 1.82) is 0 Å². The number of halogens is 3. The van der Waals surface area contributed by atoms with Crippen LogP contribution in [0.3, 0.4) is 0 Å². The van der Waals surface area contributed by atoms with Crippen LogP contribution in [-0.2, 0) is 12.7 Å². The molecule has 0 aliphatic carbocycles. The SMILES string of the molecule is O=Cc1ccc2ccn(Cc3cccc(C(F)(F)F)c3)c2c1. The molecule has 112 valence electrons. The molecule has 3 rings (SSSR count). The second-order valence-corrected chi connectivity index (χ2v) is 5.08. The van der Waals surface area contributed by atoms with Gasteiger partial charge in [0.2, 0.25) is 0 Å². The van der Waals surface area contributed by atoms with Gasteiger partial charge in [-0.25, -0.2) is 0 Å². The predicted octanol–water partition coefficient (Wildman–Crippen LogP) is 4.52. The molecule has 2 aromatic carbocycles. The third-order valence-electron chi connectivity index (χ3n) is 3.54. The Morgan fingerprint density at radius 3 is 2.59 bits per heavy atom. The van der Waals surface area contributed by atoms with E-state index in [4.69, 9.17) is 0 Å². The number of nitrogens with zero attached hydrogens (tertiary/aromatic N) is 1. The summed E-state index contributed by atoms with van der Waals surface area (Å²) >= 11 is 0. The zero-order chi connectivity index (χ0) is 15.7. The molecule has 2 nitrogen and oxygen atoms in total. The van der Waals surface area contributed by atoms with Crippen LogP contribution < -0.4 is 0 Å². The highest BCUT2D eigenvalue weighted by molar-refractivity contribution is 5.87. The van der Waals surface area contributed by atoms with Crippen molar-refractivity contribution >= 4 is 17.2 Å². The maximum absolute atomic E-state index is 12.8. The van der Waals surface area contributed by atoms with Gasteiger partial charge in [0.25, 0.3) is 0 Å². The fourth-order valence-electron chi connectivity index (χ4n) is 2.45. The molecule has 3 aromatic rings. The lowest BCUT2D eigenvalue weighted by Crippen LogP contribution is -2.06. The van der Waals surface area contributed by atoms with E-state index in [0.717, 1.165) is 29.3 Å². The van der Waals surface area contributed by atoms with E-state index >= 15 is 0 Å². The molecule has 0 spiro atoms. The first kappa shape index (κ1) is 14.4. The summed E-state index contributed by atoms with van der Waals surface area (Å²) in [6.07, 6.45) is -1.79. The minimum absolute atomic E-state index is 0.315. The molecule has 0 unspecified atom stereocenters. The number of hydrogen-bond acceptors (Lipinski definition) is 1. The van der Waals surface area contributed by atoms with Crippen molar-refractivity contribution in [3.8, 4) is 0 Å². The minimum atomic E-state index is -4.35. The highest BCUT2D eigenvalue weighted by Crippen LogP contribution is 2.30. The van der Waals surface area contributed by atoms with Gasteiger partial charge in [0, 0.05) is 23.8 Å². The van der Waals surface area contributed by atoms with Crippen LogP contribution in [0.1, 0.15) is 21.5 Å². The number of alkyl halides is 3. The van der Waals surface area contributed by atoms with Crippen LogP contribution in [0.15, 0.2) is 54.7 Å². The zero-order valence-electron chi connectivity index (χ0n) is 11.5. The van der Waals surface area contributed by atoms with Gasteiger partial charge in [-0.05, 0) is 35.2 Å². The molecule has 0 radical (unpaired) electrons. The molecule has 0 saturated carbocycles. The summed E-state index contributed by atoms with van der Waals surface area (Å²) in [5.74, 6) is 0. The molecule has 1 aromatic heterocycles. The van der Waals surface area contributed by atoms with E-state index in [9.17, 15) is 18.0 Å². The fraction of sp³-hybridized carbons (Fsp3) is 0.118. The number of rotatable bonds is 3. The quantitative estimate of drug-likeness (QED) is 0.652. The summed E-state index contributed by atoms with van der Waals surface area (Å²) in [7, 11) is 0. The van der Waals surface area contributed by atoms with Crippen LogP contribution in [0.4, 0.5) is 13.2 Å². The van der Waals surface area contributed by atoms with Crippen LogP contribution in [0, 0.1) is 0 Å². The predicted molar refractivity (Wildman–Crippen MR) is 77.9 cm³/mol. The number of fused-ring (bicyclic) bond motifs is 1. The van der Waals surface area contributed by atoms with Crippen molar-refractivity contribution in [2.24, 2.45) is 0 Å². The van der Waals surface area contributed by atoms with E-state index < -0.39 is 11.7 Å². The van der Waals surface area contributed by atoms with Crippen molar-refractivity contribution in [3.05, 3.63) is 71.4 Å². The molecule has 1 heterocycles. The topological polar surface area (TPSA) is 22.0 Å². The normalized spacial score (nSPS) is 11.8. The Morgan fingerprint density at radius 1 is 1.05 bits per heavy atom. The Balaban J connectivity index is 1.98. The third-order valence-corrected chi connectivity index (χ3v) is 3.54. The third kappa shape index (κ3) is 2.74. The average molecular weight is 303 g/mol. The van der Waals surface area contributed by atoms with Crippen molar-refractivity contribution in [2.45, 2.75) is 12.7 Å². The fourth-order valence-corrected chi connectivity index (χ4v) is 2.45. The highest BCUT2D eigenvalue weighted by Gasteiger charge is 2.30. The van der Waals surface area contributed by atoms with Gasteiger partial charge >= 0.3 is 6.18 Å². The molecular weight excluding hydrogens is 291 g/mol. The van der Waals surface area contributed by atoms with E-state index in [1.54, 1.807) is 24.4 Å². The monoisotopic (exact) mass is 303 g/mol. The van der Waals surface area contributed by atoms with Crippen LogP contribution in [0.2, 0.25) is 0 Å². The average Bonchev–Trinajstić information content (AvgIpc) is 2.89. The molecule has 0 fully saturated rings. The van der Waals surface area contributed by atoms with E-state index in [1.165, 1.54) is 6.07 Å². The van der Waals surface area contributed by atoms with Crippen molar-refractivity contribution in [2.75, 3.05) is 0 Å². The molecule has 0 N–H and O–H groups in total. The number of hydrogen-bond donors (Lipinski definition) is 0. The molecule has 5 heteroatoms. The summed E-state index contributed by atoms with van der Waals surface area (Å²) in [5, 5.41) is 0.942. The summed E-state index contributed by atoms with van der Waals surface area (Å²) in [6, 6.07) is 12.4. The van der Waals surface area contributed by atoms with Gasteiger partial charge in [0.05, 0.1) is 5.56 Å². The molecule has 0 aliphatic heterocycles. The molecule has 0 aliphatic rings. The summed E-state index contributed by atoms with van der Waals surface area (Å²) in [4.78, 5) is 10.9. The number of aromatic nitrogens is 1. The van der Waals surface area contributed by atoms with Gasteiger partial charge < -0.3 is 4.57 Å². The first-order chi connectivity index (χ1) is 10.5. The highest BCUT2D eigenvalue weighted by atomic mass is 19.4. The lowest BCUT2D eigenvalue weighted by atomic mass is 10.1. The summed E-state index contributed by atoms with van der Waals surface area (Å²) in [6.45, 7) is 0.315. The standard InChI is InChI=1S/C17H12F3NO/c18-17(19,20)15-3-1-2-12(8-15)10-21-7-6-14-5-4-13(11-22)9-16(14)21/h1-9,11H,10H2. The van der Waals surface area contributed by atoms with Crippen LogP contribution in [0.5, 0.6) is 0 Å². The molecular formula is C17H12F3NO. The van der Waals surface area contributed by atoms with Crippen molar-refractivity contribution in [1.82, 2.24) is 4.57 Å². The maximum Gasteiger partial charge on any atom is 0.416 e. The molecule has 22 heavy (non-hydrogen) atoms. The lowest BCUT2D eigenvalue weighted by molar-refractivity contribution is -0.137. The molecule has 0 amide bonds. The lowest BCUT2D eigenvalue weighted by Gasteiger charge is -2.10. The first-order valence-electron chi connectivity index (χ1n) is 6.67. The van der Waals surface area contributed by atoms with Crippen molar-refractivity contribution < 1.29 is 18.0 Å². The Bertz CT molecular complexity index is 833. The van der Waals surface area contributed by atoms with Gasteiger partial charge in [0.1, 0.15) is 6.29 Å². The molecule has 0 bridgehead atoms. The minimum Gasteiger partial charge on any atom is -0.343 e. The Kier molecular flexibility index (Phi) is 3.48. The van der Waals surface area contributed by atoms with Crippen molar-refractivity contribution in [3.63, 3.8) is 0 Å². The Hall–Kier alpha value is -2.56. The van der Waals surface area contributed by atoms with E-state index in [2.05, 4.69) is 0 Å². The first-order valence-corrected chi connectivity index (χ1v) is 6.67. The molecule has 0 atom stereocenters. The number of benzene rings is 2. The molecule has 0 saturated heterocycles.